The van der Waals surface area contributed by atoms with Crippen molar-refractivity contribution < 1.29 is 14.3 Å². The molecule has 2 atom stereocenters. The average Bonchev–Trinajstić information content (AvgIpc) is 3.13. The third-order valence-electron chi connectivity index (χ3n) is 4.29. The van der Waals surface area contributed by atoms with E-state index in [1.807, 2.05) is 18.2 Å². The van der Waals surface area contributed by atoms with Gasteiger partial charge in [-0.3, -0.25) is 9.59 Å². The van der Waals surface area contributed by atoms with Gasteiger partial charge in [0.05, 0.1) is 6.10 Å². The molecule has 1 aromatic rings. The molecule has 0 saturated carbocycles. The Morgan fingerprint density at radius 3 is 2.83 bits per heavy atom. The summed E-state index contributed by atoms with van der Waals surface area (Å²) in [5, 5.41) is 2.89. The summed E-state index contributed by atoms with van der Waals surface area (Å²) in [6, 6.07) is 5.65. The molecule has 3 rings (SSSR count). The minimum Gasteiger partial charge on any atom is -0.364 e. The van der Waals surface area contributed by atoms with Crippen LogP contribution in [0.3, 0.4) is 0 Å². The van der Waals surface area contributed by atoms with Crippen LogP contribution in [0.1, 0.15) is 25.3 Å². The summed E-state index contributed by atoms with van der Waals surface area (Å²) in [5.74, 6) is -0.0833. The molecular weight excluding hydrogens is 318 g/mol. The van der Waals surface area contributed by atoms with Gasteiger partial charge in [-0.2, -0.15) is 0 Å². The quantitative estimate of drug-likeness (QED) is 0.873. The molecule has 1 saturated heterocycles. The number of rotatable bonds is 3. The minimum atomic E-state index is -0.421. The molecule has 3 N–H and O–H groups in total. The summed E-state index contributed by atoms with van der Waals surface area (Å²) in [5.41, 5.74) is 8.32. The second kappa shape index (κ2) is 7.29. The smallest absolute Gasteiger partial charge is 0.253 e. The van der Waals surface area contributed by atoms with Gasteiger partial charge < -0.3 is 20.7 Å². The van der Waals surface area contributed by atoms with Gasteiger partial charge in [-0.25, -0.2) is 0 Å². The first kappa shape index (κ1) is 17.7. The van der Waals surface area contributed by atoms with E-state index in [1.165, 1.54) is 0 Å². The number of nitrogens with one attached hydrogen (secondary N) is 1. The Labute approximate surface area is 141 Å². The number of carbonyl (C=O) groups excluding carboxylic acids is 2. The molecule has 2 aliphatic rings. The van der Waals surface area contributed by atoms with Gasteiger partial charge in [-0.05, 0) is 43.0 Å². The zero-order chi connectivity index (χ0) is 15.7. The van der Waals surface area contributed by atoms with Crippen LogP contribution < -0.4 is 16.0 Å². The van der Waals surface area contributed by atoms with E-state index in [-0.39, 0.29) is 30.3 Å². The van der Waals surface area contributed by atoms with Crippen molar-refractivity contribution in [3.8, 4) is 0 Å². The van der Waals surface area contributed by atoms with Gasteiger partial charge in [0, 0.05) is 31.4 Å². The predicted octanol–water partition coefficient (Wildman–Crippen LogP) is 1.46. The first-order valence-corrected chi connectivity index (χ1v) is 7.66. The van der Waals surface area contributed by atoms with E-state index in [9.17, 15) is 9.59 Å². The van der Waals surface area contributed by atoms with Crippen molar-refractivity contribution in [1.82, 2.24) is 0 Å². The number of ether oxygens (including phenoxy) is 1. The maximum atomic E-state index is 12.2. The largest absolute Gasteiger partial charge is 0.364 e. The van der Waals surface area contributed by atoms with Crippen molar-refractivity contribution in [2.24, 2.45) is 5.73 Å². The molecule has 1 fully saturated rings. The van der Waals surface area contributed by atoms with Gasteiger partial charge in [0.2, 0.25) is 5.91 Å². The summed E-state index contributed by atoms with van der Waals surface area (Å²) in [6.45, 7) is 2.71. The lowest BCUT2D eigenvalue weighted by molar-refractivity contribution is -0.126. The predicted molar refractivity (Wildman–Crippen MR) is 91.0 cm³/mol. The van der Waals surface area contributed by atoms with E-state index in [0.717, 1.165) is 29.8 Å². The normalized spacial score (nSPS) is 22.4. The molecule has 1 aromatic carbocycles. The lowest BCUT2D eigenvalue weighted by atomic mass is 10.1. The summed E-state index contributed by atoms with van der Waals surface area (Å²) in [7, 11) is 0. The highest BCUT2D eigenvalue weighted by molar-refractivity contribution is 5.96. The number of amides is 2. The van der Waals surface area contributed by atoms with Crippen molar-refractivity contribution in [3.05, 3.63) is 23.8 Å². The second-order valence-electron chi connectivity index (χ2n) is 5.81. The van der Waals surface area contributed by atoms with Gasteiger partial charge in [0.25, 0.3) is 5.91 Å². The van der Waals surface area contributed by atoms with E-state index in [0.29, 0.717) is 19.5 Å². The van der Waals surface area contributed by atoms with Gasteiger partial charge in [0.1, 0.15) is 6.10 Å². The van der Waals surface area contributed by atoms with Crippen LogP contribution in [0.5, 0.6) is 0 Å². The second-order valence-corrected chi connectivity index (χ2v) is 5.81. The number of nitrogens with zero attached hydrogens (tertiary/aromatic N) is 1. The number of nitrogens with two attached hydrogens (primary N) is 1. The van der Waals surface area contributed by atoms with Crippen LogP contribution in [0.25, 0.3) is 0 Å². The summed E-state index contributed by atoms with van der Waals surface area (Å²) in [4.78, 5) is 25.5. The van der Waals surface area contributed by atoms with Gasteiger partial charge in [0.15, 0.2) is 0 Å². The number of halogens is 1. The van der Waals surface area contributed by atoms with Crippen LogP contribution in [-0.2, 0) is 20.7 Å². The Bertz CT molecular complexity index is 608. The maximum absolute atomic E-state index is 12.2. The first-order chi connectivity index (χ1) is 10.6. The fourth-order valence-corrected chi connectivity index (χ4v) is 3.10. The molecular formula is C16H22ClN3O3. The summed E-state index contributed by atoms with van der Waals surface area (Å²) in [6.07, 6.45) is 1.91. The molecule has 126 valence electrons. The lowest BCUT2D eigenvalue weighted by Crippen LogP contribution is -2.29. The first-order valence-electron chi connectivity index (χ1n) is 7.66. The van der Waals surface area contributed by atoms with Crippen LogP contribution in [0, 0.1) is 0 Å². The Balaban J connectivity index is 0.00000192. The van der Waals surface area contributed by atoms with Crippen molar-refractivity contribution >= 4 is 35.6 Å². The number of carbonyl (C=O) groups is 2. The molecule has 0 aromatic heterocycles. The van der Waals surface area contributed by atoms with Crippen LogP contribution in [0.4, 0.5) is 11.4 Å². The lowest BCUT2D eigenvalue weighted by Gasteiger charge is -2.16. The van der Waals surface area contributed by atoms with Crippen molar-refractivity contribution in [2.45, 2.75) is 38.4 Å². The fourth-order valence-electron chi connectivity index (χ4n) is 3.10. The third kappa shape index (κ3) is 3.65. The highest BCUT2D eigenvalue weighted by Crippen LogP contribution is 2.31. The molecule has 2 aliphatic heterocycles. The number of benzene rings is 1. The summed E-state index contributed by atoms with van der Waals surface area (Å²) < 4.78 is 5.60. The number of hydrogen-bond donors (Lipinski definition) is 2. The highest BCUT2D eigenvalue weighted by Gasteiger charge is 2.30. The fraction of sp³-hybridized carbons (Fsp3) is 0.500. The monoisotopic (exact) mass is 339 g/mol. The Kier molecular flexibility index (Phi) is 5.62. The van der Waals surface area contributed by atoms with E-state index >= 15 is 0 Å². The molecule has 2 heterocycles. The van der Waals surface area contributed by atoms with E-state index in [4.69, 9.17) is 10.5 Å². The van der Waals surface area contributed by atoms with Crippen LogP contribution in [0.15, 0.2) is 18.2 Å². The van der Waals surface area contributed by atoms with E-state index in [1.54, 1.807) is 11.8 Å². The Morgan fingerprint density at radius 2 is 2.17 bits per heavy atom. The molecule has 0 unspecified atom stereocenters. The number of anilines is 2. The molecule has 0 radical (unpaired) electrons. The van der Waals surface area contributed by atoms with Crippen LogP contribution in [0.2, 0.25) is 0 Å². The Hall–Kier alpha value is -1.63. The van der Waals surface area contributed by atoms with Crippen LogP contribution in [-0.4, -0.2) is 37.1 Å². The van der Waals surface area contributed by atoms with E-state index < -0.39 is 6.10 Å². The molecule has 0 bridgehead atoms. The molecule has 7 heteroatoms. The SMILES string of the molecule is CC(=O)N1CCc2cc(NC(=O)[C@@H]3CC[C@H](CN)O3)ccc21.Cl. The van der Waals surface area contributed by atoms with Crippen LogP contribution >= 0.6 is 12.4 Å². The van der Waals surface area contributed by atoms with Crippen molar-refractivity contribution in [3.63, 3.8) is 0 Å². The molecule has 0 spiro atoms. The van der Waals surface area contributed by atoms with Gasteiger partial charge in [-0.15, -0.1) is 12.4 Å². The zero-order valence-corrected chi connectivity index (χ0v) is 13.9. The topological polar surface area (TPSA) is 84.7 Å². The van der Waals surface area contributed by atoms with Crippen molar-refractivity contribution in [2.75, 3.05) is 23.3 Å². The molecule has 23 heavy (non-hydrogen) atoms. The molecule has 6 nitrogen and oxygen atoms in total. The minimum absolute atomic E-state index is 0. The van der Waals surface area contributed by atoms with E-state index in [2.05, 4.69) is 5.32 Å². The van der Waals surface area contributed by atoms with Gasteiger partial charge >= 0.3 is 0 Å². The summed E-state index contributed by atoms with van der Waals surface area (Å²) >= 11 is 0. The number of hydrogen-bond acceptors (Lipinski definition) is 4. The number of fused-ring (bicyclic) bond motifs is 1. The average molecular weight is 340 g/mol. The third-order valence-corrected chi connectivity index (χ3v) is 4.29. The maximum Gasteiger partial charge on any atom is 0.253 e. The van der Waals surface area contributed by atoms with Gasteiger partial charge in [-0.1, -0.05) is 0 Å². The molecule has 0 aliphatic carbocycles. The standard InChI is InChI=1S/C16H21N3O3.ClH/c1-10(20)19-7-6-11-8-12(2-4-14(11)19)18-16(21)15-5-3-13(9-17)22-15;/h2,4,8,13,15H,3,5-7,9,17H2,1H3,(H,18,21);1H/t13-,15+;/m1./s1. The highest BCUT2D eigenvalue weighted by atomic mass is 35.5. The molecule has 2 amide bonds. The zero-order valence-electron chi connectivity index (χ0n) is 13.1. The van der Waals surface area contributed by atoms with Crippen molar-refractivity contribution in [1.29, 1.82) is 0 Å². The Morgan fingerprint density at radius 1 is 1.39 bits per heavy atom.